The molecule has 1 aliphatic heterocycles. The zero-order valence-corrected chi connectivity index (χ0v) is 25.5. The van der Waals surface area contributed by atoms with Gasteiger partial charge in [-0.1, -0.05) is 95.9 Å². The van der Waals surface area contributed by atoms with E-state index in [1.165, 1.54) is 38.5 Å². The molecule has 0 bridgehead atoms. The van der Waals surface area contributed by atoms with Gasteiger partial charge in [-0.25, -0.2) is 0 Å². The Balaban J connectivity index is 2.41. The second kappa shape index (κ2) is 24.1. The highest BCUT2D eigenvalue weighted by atomic mass is 16.7. The lowest BCUT2D eigenvalue weighted by Gasteiger charge is -2.40. The van der Waals surface area contributed by atoms with Crippen LogP contribution in [0.5, 0.6) is 0 Å². The SMILES string of the molecule is CCCC/C=C/C(O)C(COC1OC(CO)C(O)C(O)C1O)NC(=O)CCCCCCC/C=C\CCCCCCC. The summed E-state index contributed by atoms with van der Waals surface area (Å²) in [5.41, 5.74) is 0. The lowest BCUT2D eigenvalue weighted by atomic mass is 9.99. The Morgan fingerprint density at radius 1 is 0.805 bits per heavy atom. The van der Waals surface area contributed by atoms with Crippen LogP contribution in [0.4, 0.5) is 0 Å². The summed E-state index contributed by atoms with van der Waals surface area (Å²) in [5, 5.41) is 53.2. The van der Waals surface area contributed by atoms with E-state index in [0.29, 0.717) is 6.42 Å². The average Bonchev–Trinajstić information content (AvgIpc) is 2.97. The number of aliphatic hydroxyl groups excluding tert-OH is 5. The van der Waals surface area contributed by atoms with Crippen molar-refractivity contribution in [2.45, 2.75) is 159 Å². The van der Waals surface area contributed by atoms with Crippen molar-refractivity contribution in [1.82, 2.24) is 5.32 Å². The van der Waals surface area contributed by atoms with Crippen LogP contribution in [0.15, 0.2) is 24.3 Å². The van der Waals surface area contributed by atoms with Crippen LogP contribution in [0.3, 0.4) is 0 Å². The summed E-state index contributed by atoms with van der Waals surface area (Å²) >= 11 is 0. The molecule has 0 aliphatic carbocycles. The minimum absolute atomic E-state index is 0.194. The van der Waals surface area contributed by atoms with Gasteiger partial charge in [-0.3, -0.25) is 4.79 Å². The normalized spacial score (nSPS) is 24.7. The van der Waals surface area contributed by atoms with Gasteiger partial charge < -0.3 is 40.3 Å². The van der Waals surface area contributed by atoms with Crippen molar-refractivity contribution in [2.24, 2.45) is 0 Å². The van der Waals surface area contributed by atoms with Crippen LogP contribution >= 0.6 is 0 Å². The fourth-order valence-corrected chi connectivity index (χ4v) is 4.78. The largest absolute Gasteiger partial charge is 0.394 e. The predicted octanol–water partition coefficient (Wildman–Crippen LogP) is 4.04. The molecule has 0 radical (unpaired) electrons. The lowest BCUT2D eigenvalue weighted by Crippen LogP contribution is -2.60. The second-order valence-corrected chi connectivity index (χ2v) is 11.2. The Morgan fingerprint density at radius 2 is 1.39 bits per heavy atom. The van der Waals surface area contributed by atoms with Crippen LogP contribution < -0.4 is 5.32 Å². The van der Waals surface area contributed by atoms with E-state index < -0.39 is 49.5 Å². The van der Waals surface area contributed by atoms with E-state index in [-0.39, 0.29) is 12.5 Å². The van der Waals surface area contributed by atoms with Crippen molar-refractivity contribution in [2.75, 3.05) is 13.2 Å². The third kappa shape index (κ3) is 16.8. The molecule has 1 aliphatic rings. The van der Waals surface area contributed by atoms with Crippen molar-refractivity contribution in [1.29, 1.82) is 0 Å². The van der Waals surface area contributed by atoms with Crippen LogP contribution in [-0.2, 0) is 14.3 Å². The molecule has 0 aromatic heterocycles. The highest BCUT2D eigenvalue weighted by molar-refractivity contribution is 5.76. The summed E-state index contributed by atoms with van der Waals surface area (Å²) in [6.45, 7) is 3.56. The summed E-state index contributed by atoms with van der Waals surface area (Å²) in [6.07, 6.45) is 17.1. The predicted molar refractivity (Wildman–Crippen MR) is 161 cm³/mol. The van der Waals surface area contributed by atoms with Gasteiger partial charge in [0.25, 0.3) is 0 Å². The molecule has 9 heteroatoms. The van der Waals surface area contributed by atoms with E-state index in [9.17, 15) is 30.3 Å². The Bertz CT molecular complexity index is 701. The quantitative estimate of drug-likeness (QED) is 0.0734. The topological polar surface area (TPSA) is 149 Å². The van der Waals surface area contributed by atoms with Gasteiger partial charge in [0.2, 0.25) is 5.91 Å². The van der Waals surface area contributed by atoms with Gasteiger partial charge in [0, 0.05) is 6.42 Å². The molecular weight excluding hydrogens is 526 g/mol. The smallest absolute Gasteiger partial charge is 0.220 e. The molecule has 0 saturated carbocycles. The fourth-order valence-electron chi connectivity index (χ4n) is 4.78. The second-order valence-electron chi connectivity index (χ2n) is 11.2. The number of carbonyl (C=O) groups is 1. The van der Waals surface area contributed by atoms with E-state index in [4.69, 9.17) is 9.47 Å². The number of nitrogens with one attached hydrogen (secondary N) is 1. The molecule has 0 aromatic rings. The molecule has 1 heterocycles. The van der Waals surface area contributed by atoms with E-state index in [0.717, 1.165) is 57.8 Å². The molecular formula is C32H59NO8. The Morgan fingerprint density at radius 3 is 2.02 bits per heavy atom. The van der Waals surface area contributed by atoms with Crippen LogP contribution in [0.1, 0.15) is 117 Å². The monoisotopic (exact) mass is 585 g/mol. The van der Waals surface area contributed by atoms with Gasteiger partial charge in [0.05, 0.1) is 25.4 Å². The number of hydrogen-bond acceptors (Lipinski definition) is 8. The number of unbranched alkanes of at least 4 members (excludes halogenated alkanes) is 12. The molecule has 1 rings (SSSR count). The zero-order chi connectivity index (χ0) is 30.3. The molecule has 1 fully saturated rings. The van der Waals surface area contributed by atoms with Gasteiger partial charge in [-0.15, -0.1) is 0 Å². The molecule has 6 N–H and O–H groups in total. The van der Waals surface area contributed by atoms with Crippen LogP contribution in [0.2, 0.25) is 0 Å². The van der Waals surface area contributed by atoms with Crippen molar-refractivity contribution in [3.05, 3.63) is 24.3 Å². The molecule has 7 unspecified atom stereocenters. The highest BCUT2D eigenvalue weighted by Gasteiger charge is 2.44. The summed E-state index contributed by atoms with van der Waals surface area (Å²) in [7, 11) is 0. The summed E-state index contributed by atoms with van der Waals surface area (Å²) in [6, 6.07) is -0.800. The van der Waals surface area contributed by atoms with Crippen molar-refractivity contribution >= 4 is 5.91 Å². The van der Waals surface area contributed by atoms with Gasteiger partial charge in [0.1, 0.15) is 24.4 Å². The maximum absolute atomic E-state index is 12.7. The number of ether oxygens (including phenoxy) is 2. The highest BCUT2D eigenvalue weighted by Crippen LogP contribution is 2.22. The number of aliphatic hydroxyl groups is 5. The van der Waals surface area contributed by atoms with Crippen LogP contribution in [0.25, 0.3) is 0 Å². The lowest BCUT2D eigenvalue weighted by molar-refractivity contribution is -0.302. The third-order valence-corrected chi connectivity index (χ3v) is 7.52. The first-order valence-corrected chi connectivity index (χ1v) is 16.1. The number of rotatable bonds is 24. The first kappa shape index (κ1) is 37.7. The molecule has 240 valence electrons. The molecule has 1 saturated heterocycles. The maximum Gasteiger partial charge on any atom is 0.220 e. The van der Waals surface area contributed by atoms with Crippen molar-refractivity contribution in [3.63, 3.8) is 0 Å². The summed E-state index contributed by atoms with van der Waals surface area (Å²) < 4.78 is 11.0. The Kier molecular flexibility index (Phi) is 22.2. The van der Waals surface area contributed by atoms with E-state index in [2.05, 4.69) is 31.3 Å². The van der Waals surface area contributed by atoms with Gasteiger partial charge in [-0.05, 0) is 38.5 Å². The van der Waals surface area contributed by atoms with E-state index in [1.807, 2.05) is 6.08 Å². The number of carbonyl (C=O) groups excluding carboxylic acids is 1. The maximum atomic E-state index is 12.7. The minimum atomic E-state index is -1.56. The number of allylic oxidation sites excluding steroid dienone is 3. The number of hydrogen-bond donors (Lipinski definition) is 6. The molecule has 9 nitrogen and oxygen atoms in total. The van der Waals surface area contributed by atoms with Crippen LogP contribution in [0, 0.1) is 0 Å². The summed E-state index contributed by atoms with van der Waals surface area (Å²) in [5.74, 6) is -0.199. The molecule has 0 spiro atoms. The van der Waals surface area contributed by atoms with E-state index >= 15 is 0 Å². The molecule has 41 heavy (non-hydrogen) atoms. The average molecular weight is 586 g/mol. The first-order chi connectivity index (χ1) is 19.8. The fraction of sp³-hybridized carbons (Fsp3) is 0.844. The first-order valence-electron chi connectivity index (χ1n) is 16.1. The van der Waals surface area contributed by atoms with Gasteiger partial charge in [0.15, 0.2) is 6.29 Å². The summed E-state index contributed by atoms with van der Waals surface area (Å²) in [4.78, 5) is 12.7. The standard InChI is InChI=1S/C32H59NO8/c1-3-5-7-9-10-11-12-13-14-15-16-17-18-20-22-28(36)33-25(26(35)21-19-8-6-4-2)24-40-32-31(39)30(38)29(37)27(23-34)41-32/h12-13,19,21,25-27,29-32,34-35,37-39H,3-11,14-18,20,22-24H2,1-2H3,(H,33,36)/b13-12-,21-19+. The van der Waals surface area contributed by atoms with Crippen LogP contribution in [-0.4, -0.2) is 87.5 Å². The minimum Gasteiger partial charge on any atom is -0.394 e. The molecule has 1 amide bonds. The zero-order valence-electron chi connectivity index (χ0n) is 25.5. The van der Waals surface area contributed by atoms with Gasteiger partial charge >= 0.3 is 0 Å². The third-order valence-electron chi connectivity index (χ3n) is 7.52. The molecule has 7 atom stereocenters. The Labute approximate surface area is 248 Å². The Hall–Kier alpha value is -1.33. The molecule has 0 aromatic carbocycles. The number of amides is 1. The van der Waals surface area contributed by atoms with Crippen molar-refractivity contribution < 1.29 is 39.8 Å². The van der Waals surface area contributed by atoms with Crippen molar-refractivity contribution in [3.8, 4) is 0 Å². The van der Waals surface area contributed by atoms with Gasteiger partial charge in [-0.2, -0.15) is 0 Å². The van der Waals surface area contributed by atoms with E-state index in [1.54, 1.807) is 6.08 Å².